The van der Waals surface area contributed by atoms with E-state index < -0.39 is 5.97 Å². The number of fused-ring (bicyclic) bond motifs is 4. The van der Waals surface area contributed by atoms with Gasteiger partial charge in [0.2, 0.25) is 0 Å². The summed E-state index contributed by atoms with van der Waals surface area (Å²) >= 11 is 0. The zero-order valence-electron chi connectivity index (χ0n) is 21.4. The number of rotatable bonds is 7. The number of nitrogens with one attached hydrogen (secondary N) is 1. The van der Waals surface area contributed by atoms with Crippen molar-refractivity contribution in [3.8, 4) is 17.1 Å². The molecule has 2 aromatic heterocycles. The average molecular weight is 522 g/mol. The number of ether oxygens (including phenoxy) is 4. The van der Waals surface area contributed by atoms with E-state index in [4.69, 9.17) is 23.4 Å². The Morgan fingerprint density at radius 1 is 0.846 bits per heavy atom. The first-order valence-electron chi connectivity index (χ1n) is 12.9. The van der Waals surface area contributed by atoms with Crippen molar-refractivity contribution in [1.82, 2.24) is 9.97 Å². The van der Waals surface area contributed by atoms with Gasteiger partial charge in [-0.25, -0.2) is 9.97 Å². The third kappa shape index (κ3) is 4.63. The molecule has 5 aromatic rings. The van der Waals surface area contributed by atoms with E-state index in [2.05, 4.69) is 22.2 Å². The van der Waals surface area contributed by atoms with Gasteiger partial charge >= 0.3 is 5.97 Å². The minimum atomic E-state index is -1.28. The van der Waals surface area contributed by atoms with Gasteiger partial charge in [0.1, 0.15) is 30.3 Å². The Labute approximate surface area is 225 Å². The second-order valence-electron chi connectivity index (χ2n) is 10.3. The molecular formula is C31H27N3O5. The Bertz CT molecular complexity index is 1590. The van der Waals surface area contributed by atoms with E-state index in [0.717, 1.165) is 33.5 Å². The van der Waals surface area contributed by atoms with Crippen LogP contribution in [0.4, 0.5) is 11.5 Å². The van der Waals surface area contributed by atoms with E-state index in [0.29, 0.717) is 43.8 Å². The summed E-state index contributed by atoms with van der Waals surface area (Å²) in [5.74, 6) is 1.38. The van der Waals surface area contributed by atoms with Crippen molar-refractivity contribution in [1.29, 1.82) is 0 Å². The Morgan fingerprint density at radius 2 is 1.62 bits per heavy atom. The summed E-state index contributed by atoms with van der Waals surface area (Å²) in [4.78, 5) is 8.94. The van der Waals surface area contributed by atoms with Crippen LogP contribution < -0.4 is 10.1 Å². The van der Waals surface area contributed by atoms with Crippen molar-refractivity contribution in [2.75, 3.05) is 25.1 Å². The standard InChI is InChI=1S/C31H27N3O5/c1-30-17-36-31(37-18-30,38-19-30)28-14-13-27(39-28)22-7-12-26-25(15-22)29(33-20-32-26)34-23-8-10-24(11-9-23)35-16-21-5-3-2-4-6-21/h2-15,20H,16-19H2,1H3,(H,32,33,34). The Balaban J connectivity index is 1.10. The molecule has 0 saturated carbocycles. The minimum absolute atomic E-state index is 0.117. The molecule has 8 nitrogen and oxygen atoms in total. The predicted octanol–water partition coefficient (Wildman–Crippen LogP) is 6.41. The number of hydrogen-bond acceptors (Lipinski definition) is 8. The van der Waals surface area contributed by atoms with E-state index >= 15 is 0 Å². The maximum absolute atomic E-state index is 6.19. The summed E-state index contributed by atoms with van der Waals surface area (Å²) in [6, 6.07) is 27.6. The molecule has 8 rings (SSSR count). The molecule has 3 saturated heterocycles. The maximum Gasteiger partial charge on any atom is 0.346 e. The molecule has 0 spiro atoms. The summed E-state index contributed by atoms with van der Waals surface area (Å²) in [6.45, 7) is 4.29. The normalized spacial score (nSPS) is 22.2. The Morgan fingerprint density at radius 3 is 2.38 bits per heavy atom. The van der Waals surface area contributed by atoms with Crippen LogP contribution in [0.1, 0.15) is 18.2 Å². The lowest BCUT2D eigenvalue weighted by Gasteiger charge is -2.49. The van der Waals surface area contributed by atoms with E-state index in [1.807, 2.05) is 84.9 Å². The fourth-order valence-electron chi connectivity index (χ4n) is 4.75. The maximum atomic E-state index is 6.19. The third-order valence-electron chi connectivity index (χ3n) is 7.02. The summed E-state index contributed by atoms with van der Waals surface area (Å²) in [5.41, 5.74) is 3.59. The smallest absolute Gasteiger partial charge is 0.346 e. The van der Waals surface area contributed by atoms with Crippen LogP contribution in [-0.4, -0.2) is 29.8 Å². The van der Waals surface area contributed by atoms with Gasteiger partial charge in [-0.15, -0.1) is 0 Å². The summed E-state index contributed by atoms with van der Waals surface area (Å²) in [6.07, 6.45) is 1.55. The highest BCUT2D eigenvalue weighted by Crippen LogP contribution is 2.45. The largest absolute Gasteiger partial charge is 0.489 e. The molecule has 8 heteroatoms. The molecule has 0 amide bonds. The third-order valence-corrected chi connectivity index (χ3v) is 7.02. The first kappa shape index (κ1) is 23.8. The van der Waals surface area contributed by atoms with Crippen LogP contribution in [0, 0.1) is 5.41 Å². The highest BCUT2D eigenvalue weighted by molar-refractivity contribution is 5.93. The molecular weight excluding hydrogens is 494 g/mol. The van der Waals surface area contributed by atoms with Crippen molar-refractivity contribution < 1.29 is 23.4 Å². The van der Waals surface area contributed by atoms with Gasteiger partial charge in [-0.2, -0.15) is 0 Å². The second-order valence-corrected chi connectivity index (χ2v) is 10.3. The van der Waals surface area contributed by atoms with Crippen molar-refractivity contribution in [3.63, 3.8) is 0 Å². The van der Waals surface area contributed by atoms with Crippen LogP contribution in [0.15, 0.2) is 95.7 Å². The first-order valence-corrected chi connectivity index (χ1v) is 12.9. The number of aromatic nitrogens is 2. The van der Waals surface area contributed by atoms with Crippen LogP contribution in [0.2, 0.25) is 0 Å². The topological polar surface area (TPSA) is 87.9 Å². The number of furan rings is 1. The fourth-order valence-corrected chi connectivity index (χ4v) is 4.75. The van der Waals surface area contributed by atoms with Gasteiger partial charge in [0, 0.05) is 22.1 Å². The zero-order valence-corrected chi connectivity index (χ0v) is 21.4. The molecule has 0 aliphatic carbocycles. The molecule has 3 aliphatic rings. The lowest BCUT2D eigenvalue weighted by molar-refractivity contribution is -0.482. The second kappa shape index (κ2) is 9.50. The Hall–Kier alpha value is -4.24. The number of anilines is 2. The van der Waals surface area contributed by atoms with Gasteiger partial charge < -0.3 is 28.7 Å². The number of hydrogen-bond donors (Lipinski definition) is 1. The monoisotopic (exact) mass is 521 g/mol. The van der Waals surface area contributed by atoms with Gasteiger partial charge in [-0.05, 0) is 60.2 Å². The molecule has 2 bridgehead atoms. The molecule has 0 radical (unpaired) electrons. The van der Waals surface area contributed by atoms with Crippen LogP contribution in [0.3, 0.4) is 0 Å². The van der Waals surface area contributed by atoms with Crippen LogP contribution >= 0.6 is 0 Å². The molecule has 3 aliphatic heterocycles. The number of benzene rings is 3. The average Bonchev–Trinajstić information content (AvgIpc) is 3.49. The fraction of sp³-hybridized carbons (Fsp3) is 0.226. The van der Waals surface area contributed by atoms with Crippen LogP contribution in [0.25, 0.3) is 22.2 Å². The lowest BCUT2D eigenvalue weighted by atomic mass is 9.91. The van der Waals surface area contributed by atoms with Crippen molar-refractivity contribution in [2.24, 2.45) is 5.41 Å². The van der Waals surface area contributed by atoms with Gasteiger partial charge in [0.25, 0.3) is 0 Å². The summed E-state index contributed by atoms with van der Waals surface area (Å²) in [7, 11) is 0. The Kier molecular flexibility index (Phi) is 5.81. The highest BCUT2D eigenvalue weighted by atomic mass is 16.9. The first-order chi connectivity index (χ1) is 19.1. The lowest BCUT2D eigenvalue weighted by Crippen LogP contribution is -2.56. The van der Waals surface area contributed by atoms with E-state index in [-0.39, 0.29) is 5.41 Å². The SMILES string of the molecule is CC12COC(c3ccc(-c4ccc5ncnc(Nc6ccc(OCc7ccccc7)cc6)c5c4)o3)(OC1)OC2. The van der Waals surface area contributed by atoms with Crippen molar-refractivity contribution >= 4 is 22.4 Å². The molecule has 5 heterocycles. The van der Waals surface area contributed by atoms with E-state index in [1.165, 1.54) is 0 Å². The van der Waals surface area contributed by atoms with Crippen molar-refractivity contribution in [2.45, 2.75) is 19.5 Å². The minimum Gasteiger partial charge on any atom is -0.489 e. The molecule has 1 N–H and O–H groups in total. The van der Waals surface area contributed by atoms with Gasteiger partial charge in [-0.1, -0.05) is 37.3 Å². The molecule has 0 unspecified atom stereocenters. The molecule has 3 aromatic carbocycles. The highest BCUT2D eigenvalue weighted by Gasteiger charge is 2.53. The molecule has 39 heavy (non-hydrogen) atoms. The molecule has 3 fully saturated rings. The predicted molar refractivity (Wildman–Crippen MR) is 145 cm³/mol. The van der Waals surface area contributed by atoms with E-state index in [1.54, 1.807) is 6.33 Å². The summed E-state index contributed by atoms with van der Waals surface area (Å²) in [5, 5.41) is 4.28. The number of nitrogens with zero attached hydrogens (tertiary/aromatic N) is 2. The van der Waals surface area contributed by atoms with Crippen molar-refractivity contribution in [3.05, 3.63) is 103 Å². The van der Waals surface area contributed by atoms with E-state index in [9.17, 15) is 0 Å². The van der Waals surface area contributed by atoms with Crippen LogP contribution in [0.5, 0.6) is 5.75 Å². The zero-order chi connectivity index (χ0) is 26.3. The van der Waals surface area contributed by atoms with Gasteiger partial charge in [0.15, 0.2) is 5.76 Å². The van der Waals surface area contributed by atoms with Crippen LogP contribution in [-0.2, 0) is 26.8 Å². The molecule has 196 valence electrons. The van der Waals surface area contributed by atoms with Gasteiger partial charge in [-0.3, -0.25) is 0 Å². The summed E-state index contributed by atoms with van der Waals surface area (Å²) < 4.78 is 29.9. The quantitative estimate of drug-likeness (QED) is 0.263. The molecule has 0 atom stereocenters. The van der Waals surface area contributed by atoms with Gasteiger partial charge in [0.05, 0.1) is 25.3 Å².